The number of hydrogen-bond acceptors (Lipinski definition) is 3. The normalized spacial score (nSPS) is 27.3. The van der Waals surface area contributed by atoms with Crippen LogP contribution in [0.5, 0.6) is 0 Å². The van der Waals surface area contributed by atoms with Crippen LogP contribution in [-0.4, -0.2) is 12.9 Å². The summed E-state index contributed by atoms with van der Waals surface area (Å²) in [5.74, 6) is -0.729. The molecule has 0 aromatic heterocycles. The lowest BCUT2D eigenvalue weighted by Gasteiger charge is -2.31. The van der Waals surface area contributed by atoms with Crippen LogP contribution in [0, 0.1) is 0 Å². The van der Waals surface area contributed by atoms with Gasteiger partial charge in [-0.1, -0.05) is 24.3 Å². The zero-order valence-electron chi connectivity index (χ0n) is 12.2. The highest BCUT2D eigenvalue weighted by Gasteiger charge is 2.50. The van der Waals surface area contributed by atoms with E-state index in [1.807, 2.05) is 57.2 Å². The Kier molecular flexibility index (Phi) is 2.75. The van der Waals surface area contributed by atoms with Crippen molar-refractivity contribution in [2.24, 2.45) is 0 Å². The van der Waals surface area contributed by atoms with E-state index in [9.17, 15) is 4.79 Å². The third-order valence-electron chi connectivity index (χ3n) is 4.17. The molecule has 1 aromatic rings. The first-order valence-electron chi connectivity index (χ1n) is 6.71. The number of Topliss-reactive ketones (excluding diaryl/α,β-unsaturated/α-hetero) is 1. The summed E-state index contributed by atoms with van der Waals surface area (Å²) in [5, 5.41) is 0. The minimum absolute atomic E-state index is 0.0720. The highest BCUT2D eigenvalue weighted by Crippen LogP contribution is 2.51. The molecule has 2 aliphatic rings. The molecule has 1 aliphatic heterocycles. The van der Waals surface area contributed by atoms with E-state index in [4.69, 9.17) is 9.47 Å². The number of ketones is 1. The van der Waals surface area contributed by atoms with Crippen molar-refractivity contribution in [3.05, 3.63) is 58.7 Å². The molecule has 104 valence electrons. The second kappa shape index (κ2) is 4.14. The molecule has 1 atom stereocenters. The van der Waals surface area contributed by atoms with Crippen LogP contribution in [0.15, 0.2) is 47.6 Å². The summed E-state index contributed by atoms with van der Waals surface area (Å²) in [4.78, 5) is 12.0. The van der Waals surface area contributed by atoms with Crippen molar-refractivity contribution in [1.29, 1.82) is 0 Å². The van der Waals surface area contributed by atoms with Crippen LogP contribution in [0.25, 0.3) is 0 Å². The summed E-state index contributed by atoms with van der Waals surface area (Å²) in [6.45, 7) is 5.56. The van der Waals surface area contributed by atoms with E-state index in [0.717, 1.165) is 11.1 Å². The van der Waals surface area contributed by atoms with Crippen LogP contribution in [0.3, 0.4) is 0 Å². The van der Waals surface area contributed by atoms with E-state index < -0.39 is 11.4 Å². The van der Waals surface area contributed by atoms with Crippen molar-refractivity contribution in [1.82, 2.24) is 0 Å². The van der Waals surface area contributed by atoms with E-state index in [2.05, 4.69) is 0 Å². The first kappa shape index (κ1) is 13.3. The Bertz CT molecular complexity index is 632. The molecule has 3 rings (SSSR count). The summed E-state index contributed by atoms with van der Waals surface area (Å²) >= 11 is 0. The molecule has 3 nitrogen and oxygen atoms in total. The molecule has 0 N–H and O–H groups in total. The number of benzene rings is 1. The molecule has 1 aliphatic carbocycles. The van der Waals surface area contributed by atoms with Crippen molar-refractivity contribution in [3.8, 4) is 0 Å². The molecule has 20 heavy (non-hydrogen) atoms. The van der Waals surface area contributed by atoms with Gasteiger partial charge in [-0.3, -0.25) is 4.79 Å². The lowest BCUT2D eigenvalue weighted by molar-refractivity contribution is -0.239. The highest BCUT2D eigenvalue weighted by atomic mass is 16.7. The molecule has 0 saturated carbocycles. The lowest BCUT2D eigenvalue weighted by atomic mass is 9.82. The fraction of sp³-hybridized carbons (Fsp3) is 0.353. The van der Waals surface area contributed by atoms with Gasteiger partial charge < -0.3 is 9.47 Å². The van der Waals surface area contributed by atoms with Crippen LogP contribution in [-0.2, 0) is 25.7 Å². The van der Waals surface area contributed by atoms with Gasteiger partial charge in [0.1, 0.15) is 5.60 Å². The molecule has 0 saturated heterocycles. The number of allylic oxidation sites excluding steroid dienone is 2. The Balaban J connectivity index is 2.26. The summed E-state index contributed by atoms with van der Waals surface area (Å²) in [5.41, 5.74) is 2.75. The van der Waals surface area contributed by atoms with Gasteiger partial charge in [-0.25, -0.2) is 0 Å². The van der Waals surface area contributed by atoms with Gasteiger partial charge in [-0.05, 0) is 44.1 Å². The third-order valence-corrected chi connectivity index (χ3v) is 4.17. The Morgan fingerprint density at radius 2 is 1.60 bits per heavy atom. The predicted molar refractivity (Wildman–Crippen MR) is 76.1 cm³/mol. The number of methoxy groups -OCH3 is 1. The van der Waals surface area contributed by atoms with E-state index in [-0.39, 0.29) is 5.78 Å². The minimum Gasteiger partial charge on any atom is -0.349 e. The molecule has 1 aromatic carbocycles. The Hall–Kier alpha value is -1.71. The number of carbonyl (C=O) groups is 1. The molecule has 0 radical (unpaired) electrons. The summed E-state index contributed by atoms with van der Waals surface area (Å²) in [7, 11) is 1.64. The molecule has 3 heteroatoms. The van der Waals surface area contributed by atoms with Gasteiger partial charge >= 0.3 is 0 Å². The predicted octanol–water partition coefficient (Wildman–Crippen LogP) is 3.21. The van der Waals surface area contributed by atoms with Crippen molar-refractivity contribution in [3.63, 3.8) is 0 Å². The number of fused-ring (bicyclic) bond motifs is 2. The average molecular weight is 270 g/mol. The zero-order valence-corrected chi connectivity index (χ0v) is 12.2. The van der Waals surface area contributed by atoms with E-state index in [1.165, 1.54) is 0 Å². The monoisotopic (exact) mass is 270 g/mol. The third kappa shape index (κ3) is 1.63. The zero-order chi connectivity index (χ0) is 14.5. The van der Waals surface area contributed by atoms with E-state index in [1.54, 1.807) is 7.11 Å². The molecule has 1 unspecified atom stereocenters. The second-order valence-electron chi connectivity index (χ2n) is 5.57. The number of hydrogen-bond donors (Lipinski definition) is 0. The highest BCUT2D eigenvalue weighted by molar-refractivity contribution is 6.08. The summed E-state index contributed by atoms with van der Waals surface area (Å²) in [6.07, 6.45) is 3.79. The number of ether oxygens (including phenoxy) is 2. The van der Waals surface area contributed by atoms with E-state index >= 15 is 0 Å². The fourth-order valence-electron chi connectivity index (χ4n) is 3.15. The molecular weight excluding hydrogens is 252 g/mol. The Morgan fingerprint density at radius 1 is 1.05 bits per heavy atom. The average Bonchev–Trinajstić information content (AvgIpc) is 2.67. The maximum atomic E-state index is 12.0. The Morgan fingerprint density at radius 3 is 2.15 bits per heavy atom. The van der Waals surface area contributed by atoms with Gasteiger partial charge in [-0.2, -0.15) is 0 Å². The van der Waals surface area contributed by atoms with Crippen LogP contribution >= 0.6 is 0 Å². The Labute approximate surface area is 118 Å². The van der Waals surface area contributed by atoms with Crippen molar-refractivity contribution in [2.75, 3.05) is 7.11 Å². The van der Waals surface area contributed by atoms with Gasteiger partial charge in [0.05, 0.1) is 0 Å². The maximum absolute atomic E-state index is 12.0. The SMILES string of the molecule is COC1(C)OC2(C=C(C)C(=O)C(C)=C2)c2ccccc21. The van der Waals surface area contributed by atoms with Gasteiger partial charge in [0, 0.05) is 18.2 Å². The van der Waals surface area contributed by atoms with Gasteiger partial charge in [0.15, 0.2) is 11.6 Å². The molecule has 0 amide bonds. The van der Waals surface area contributed by atoms with E-state index in [0.29, 0.717) is 11.1 Å². The molecule has 1 heterocycles. The number of rotatable bonds is 1. The first-order valence-corrected chi connectivity index (χ1v) is 6.71. The standard InChI is InChI=1S/C17H18O3/c1-11-9-17(10-12(2)15(11)18)14-8-6-5-7-13(14)16(3,19-4)20-17/h5-10H,1-4H3. The van der Waals surface area contributed by atoms with Crippen molar-refractivity contribution < 1.29 is 14.3 Å². The van der Waals surface area contributed by atoms with Crippen LogP contribution < -0.4 is 0 Å². The number of carbonyl (C=O) groups excluding carboxylic acids is 1. The van der Waals surface area contributed by atoms with Gasteiger partial charge in [-0.15, -0.1) is 0 Å². The summed E-state index contributed by atoms with van der Waals surface area (Å²) < 4.78 is 11.8. The van der Waals surface area contributed by atoms with Crippen LogP contribution in [0.2, 0.25) is 0 Å². The molecule has 1 spiro atoms. The maximum Gasteiger partial charge on any atom is 0.193 e. The van der Waals surface area contributed by atoms with Crippen LogP contribution in [0.1, 0.15) is 31.9 Å². The molecule has 0 fully saturated rings. The molecule has 0 bridgehead atoms. The minimum atomic E-state index is -0.801. The molecular formula is C17H18O3. The first-order chi connectivity index (χ1) is 9.42. The van der Waals surface area contributed by atoms with Gasteiger partial charge in [0.2, 0.25) is 0 Å². The quantitative estimate of drug-likeness (QED) is 0.786. The van der Waals surface area contributed by atoms with Crippen LogP contribution in [0.4, 0.5) is 0 Å². The van der Waals surface area contributed by atoms with Crippen molar-refractivity contribution in [2.45, 2.75) is 32.2 Å². The topological polar surface area (TPSA) is 35.5 Å². The fourth-order valence-corrected chi connectivity index (χ4v) is 3.15. The van der Waals surface area contributed by atoms with Crippen molar-refractivity contribution >= 4 is 5.78 Å². The summed E-state index contributed by atoms with van der Waals surface area (Å²) in [6, 6.07) is 7.99. The van der Waals surface area contributed by atoms with Gasteiger partial charge in [0.25, 0.3) is 0 Å². The largest absolute Gasteiger partial charge is 0.349 e. The lowest BCUT2D eigenvalue weighted by Crippen LogP contribution is -2.32. The smallest absolute Gasteiger partial charge is 0.193 e. The second-order valence-corrected chi connectivity index (χ2v) is 5.57.